The van der Waals surface area contributed by atoms with Crippen molar-refractivity contribution in [2.24, 2.45) is 0 Å². The number of alkyl halides is 3. The van der Waals surface area contributed by atoms with Crippen LogP contribution in [0, 0.1) is 5.82 Å². The number of methoxy groups -OCH3 is 1. The number of hydrogen-bond acceptors (Lipinski definition) is 3. The predicted molar refractivity (Wildman–Crippen MR) is 63.1 cm³/mol. The lowest BCUT2D eigenvalue weighted by molar-refractivity contribution is -0.247. The van der Waals surface area contributed by atoms with Crippen molar-refractivity contribution in [2.75, 3.05) is 7.11 Å². The van der Waals surface area contributed by atoms with E-state index in [1.54, 1.807) is 0 Å². The van der Waals surface area contributed by atoms with Gasteiger partial charge in [-0.15, -0.1) is 0 Å². The molecule has 0 aromatic heterocycles. The zero-order chi connectivity index (χ0) is 15.6. The number of carbonyl (C=O) groups is 1. The molecule has 0 bridgehead atoms. The first kappa shape index (κ1) is 16.4. The highest BCUT2D eigenvalue weighted by atomic mass is 19.4. The first-order valence-corrected chi connectivity index (χ1v) is 5.74. The molecule has 0 heterocycles. The van der Waals surface area contributed by atoms with Crippen LogP contribution in [0.5, 0.6) is 5.75 Å². The van der Waals surface area contributed by atoms with Crippen molar-refractivity contribution in [1.82, 2.24) is 0 Å². The SMILES string of the molecule is COc1c(F)cccc1[C@@H](C)C[C@@](O)(C=O)C(F)(F)F. The van der Waals surface area contributed by atoms with Gasteiger partial charge >= 0.3 is 6.18 Å². The van der Waals surface area contributed by atoms with Crippen LogP contribution in [0.2, 0.25) is 0 Å². The molecular formula is C13H14F4O3. The summed E-state index contributed by atoms with van der Waals surface area (Å²) in [6.45, 7) is 1.34. The van der Waals surface area contributed by atoms with E-state index in [1.807, 2.05) is 0 Å². The van der Waals surface area contributed by atoms with Gasteiger partial charge in [0.1, 0.15) is 0 Å². The van der Waals surface area contributed by atoms with E-state index in [9.17, 15) is 27.5 Å². The second-order valence-corrected chi connectivity index (χ2v) is 4.51. The fourth-order valence-corrected chi connectivity index (χ4v) is 1.94. The van der Waals surface area contributed by atoms with E-state index in [-0.39, 0.29) is 11.3 Å². The molecule has 1 aromatic rings. The Kier molecular flexibility index (Phi) is 4.75. The summed E-state index contributed by atoms with van der Waals surface area (Å²) in [5, 5.41) is 9.39. The van der Waals surface area contributed by atoms with Crippen LogP contribution in [0.1, 0.15) is 24.8 Å². The van der Waals surface area contributed by atoms with Gasteiger partial charge in [0.25, 0.3) is 0 Å². The molecular weight excluding hydrogens is 280 g/mol. The van der Waals surface area contributed by atoms with E-state index in [2.05, 4.69) is 0 Å². The molecule has 3 nitrogen and oxygen atoms in total. The van der Waals surface area contributed by atoms with Crippen LogP contribution in [0.15, 0.2) is 18.2 Å². The minimum atomic E-state index is -5.09. The van der Waals surface area contributed by atoms with E-state index in [0.29, 0.717) is 0 Å². The van der Waals surface area contributed by atoms with Crippen LogP contribution in [-0.4, -0.2) is 30.3 Å². The first-order valence-electron chi connectivity index (χ1n) is 5.74. The quantitative estimate of drug-likeness (QED) is 0.671. The van der Waals surface area contributed by atoms with Crippen molar-refractivity contribution in [3.05, 3.63) is 29.6 Å². The van der Waals surface area contributed by atoms with Crippen molar-refractivity contribution >= 4 is 6.29 Å². The maximum atomic E-state index is 13.5. The van der Waals surface area contributed by atoms with Gasteiger partial charge in [0.2, 0.25) is 5.60 Å². The third kappa shape index (κ3) is 3.09. The number of carbonyl (C=O) groups excluding carboxylic acids is 1. The standard InChI is InChI=1S/C13H14F4O3/c1-8(6-12(19,7-18)13(15,16)17)9-4-3-5-10(14)11(9)20-2/h3-5,7-8,19H,6H2,1-2H3/t8-,12+/m0/s1. The Bertz CT molecular complexity index is 487. The highest BCUT2D eigenvalue weighted by molar-refractivity contribution is 5.64. The summed E-state index contributed by atoms with van der Waals surface area (Å²) < 4.78 is 56.3. The molecule has 2 atom stereocenters. The molecule has 0 saturated carbocycles. The number of aliphatic hydroxyl groups is 1. The summed E-state index contributed by atoms with van der Waals surface area (Å²) in [4.78, 5) is 10.6. The van der Waals surface area contributed by atoms with Gasteiger partial charge in [-0.3, -0.25) is 4.79 Å². The number of para-hydroxylation sites is 1. The monoisotopic (exact) mass is 294 g/mol. The zero-order valence-electron chi connectivity index (χ0n) is 10.9. The van der Waals surface area contributed by atoms with Gasteiger partial charge in [-0.25, -0.2) is 4.39 Å². The number of benzene rings is 1. The fourth-order valence-electron chi connectivity index (χ4n) is 1.94. The molecule has 0 fully saturated rings. The lowest BCUT2D eigenvalue weighted by Gasteiger charge is -2.28. The fraction of sp³-hybridized carbons (Fsp3) is 0.462. The normalized spacial score (nSPS) is 16.4. The summed E-state index contributed by atoms with van der Waals surface area (Å²) >= 11 is 0. The van der Waals surface area contributed by atoms with Gasteiger partial charge in [0.15, 0.2) is 17.9 Å². The number of ether oxygens (including phenoxy) is 1. The van der Waals surface area contributed by atoms with Crippen LogP contribution in [-0.2, 0) is 4.79 Å². The predicted octanol–water partition coefficient (Wildman–Crippen LogP) is 2.82. The van der Waals surface area contributed by atoms with Gasteiger partial charge < -0.3 is 9.84 Å². The van der Waals surface area contributed by atoms with Gasteiger partial charge in [0.05, 0.1) is 7.11 Å². The molecule has 0 radical (unpaired) electrons. The molecule has 0 saturated heterocycles. The van der Waals surface area contributed by atoms with Crippen LogP contribution in [0.25, 0.3) is 0 Å². The molecule has 0 amide bonds. The highest BCUT2D eigenvalue weighted by Gasteiger charge is 2.54. The summed E-state index contributed by atoms with van der Waals surface area (Å²) in [5.41, 5.74) is -3.32. The third-order valence-corrected chi connectivity index (χ3v) is 3.04. The van der Waals surface area contributed by atoms with Crippen molar-refractivity contribution in [3.63, 3.8) is 0 Å². The summed E-state index contributed by atoms with van der Waals surface area (Å²) in [7, 11) is 1.18. The molecule has 7 heteroatoms. The maximum Gasteiger partial charge on any atom is 0.424 e. The minimum absolute atomic E-state index is 0.150. The molecule has 0 spiro atoms. The van der Waals surface area contributed by atoms with Crippen molar-refractivity contribution in [3.8, 4) is 5.75 Å². The zero-order valence-corrected chi connectivity index (χ0v) is 10.9. The Morgan fingerprint density at radius 3 is 2.45 bits per heavy atom. The largest absolute Gasteiger partial charge is 0.493 e. The highest BCUT2D eigenvalue weighted by Crippen LogP contribution is 2.39. The number of rotatable bonds is 5. The third-order valence-electron chi connectivity index (χ3n) is 3.04. The average molecular weight is 294 g/mol. The van der Waals surface area contributed by atoms with E-state index in [1.165, 1.54) is 26.2 Å². The van der Waals surface area contributed by atoms with E-state index < -0.39 is 36.2 Å². The number of aldehydes is 1. The van der Waals surface area contributed by atoms with Crippen molar-refractivity contribution < 1.29 is 32.2 Å². The van der Waals surface area contributed by atoms with Crippen molar-refractivity contribution in [2.45, 2.75) is 31.0 Å². The van der Waals surface area contributed by atoms with E-state index in [4.69, 9.17) is 4.74 Å². The summed E-state index contributed by atoms with van der Waals surface area (Å²) in [5.74, 6) is -1.86. The molecule has 0 aliphatic heterocycles. The molecule has 0 unspecified atom stereocenters. The number of halogens is 4. The Labute approximate surface area is 113 Å². The van der Waals surface area contributed by atoms with Gasteiger partial charge in [-0.1, -0.05) is 19.1 Å². The van der Waals surface area contributed by atoms with Gasteiger partial charge in [0, 0.05) is 5.56 Å². The Hall–Kier alpha value is -1.63. The van der Waals surface area contributed by atoms with Crippen molar-refractivity contribution in [1.29, 1.82) is 0 Å². The molecule has 20 heavy (non-hydrogen) atoms. The molecule has 1 N–H and O–H groups in total. The Morgan fingerprint density at radius 1 is 1.40 bits per heavy atom. The van der Waals surface area contributed by atoms with Crippen LogP contribution < -0.4 is 4.74 Å². The summed E-state index contributed by atoms with van der Waals surface area (Å²) in [6, 6.07) is 3.80. The van der Waals surface area contributed by atoms with Crippen LogP contribution in [0.4, 0.5) is 17.6 Å². The molecule has 1 aromatic carbocycles. The van der Waals surface area contributed by atoms with Crippen LogP contribution >= 0.6 is 0 Å². The molecule has 0 aliphatic rings. The summed E-state index contributed by atoms with van der Waals surface area (Å²) in [6.07, 6.45) is -6.56. The Morgan fingerprint density at radius 2 is 2.00 bits per heavy atom. The van der Waals surface area contributed by atoms with E-state index >= 15 is 0 Å². The van der Waals surface area contributed by atoms with Gasteiger partial charge in [-0.05, 0) is 18.4 Å². The lowest BCUT2D eigenvalue weighted by Crippen LogP contribution is -2.47. The minimum Gasteiger partial charge on any atom is -0.493 e. The lowest BCUT2D eigenvalue weighted by atomic mass is 9.87. The molecule has 112 valence electrons. The average Bonchev–Trinajstić information content (AvgIpc) is 2.36. The number of hydrogen-bond donors (Lipinski definition) is 1. The second-order valence-electron chi connectivity index (χ2n) is 4.51. The maximum absolute atomic E-state index is 13.5. The van der Waals surface area contributed by atoms with E-state index in [0.717, 1.165) is 6.07 Å². The topological polar surface area (TPSA) is 46.5 Å². The molecule has 1 rings (SSSR count). The smallest absolute Gasteiger partial charge is 0.424 e. The van der Waals surface area contributed by atoms with Crippen LogP contribution in [0.3, 0.4) is 0 Å². The first-order chi connectivity index (χ1) is 9.16. The second kappa shape index (κ2) is 5.78. The van der Waals surface area contributed by atoms with Gasteiger partial charge in [-0.2, -0.15) is 13.2 Å². The molecule has 0 aliphatic carbocycles. The Balaban J connectivity index is 3.11.